The molecular formula is C50H27N3OS. The van der Waals surface area contributed by atoms with Gasteiger partial charge in [0.2, 0.25) is 0 Å². The molecule has 254 valence electrons. The lowest BCUT2D eigenvalue weighted by atomic mass is 9.96. The van der Waals surface area contributed by atoms with E-state index < -0.39 is 0 Å². The van der Waals surface area contributed by atoms with E-state index in [4.69, 9.17) is 14.4 Å². The Morgan fingerprint density at radius 1 is 0.436 bits per heavy atom. The quantitative estimate of drug-likeness (QED) is 0.183. The topological polar surface area (TPSA) is 43.9 Å². The molecule has 0 radical (unpaired) electrons. The van der Waals surface area contributed by atoms with Crippen molar-refractivity contribution in [2.45, 2.75) is 0 Å². The summed E-state index contributed by atoms with van der Waals surface area (Å²) in [5.41, 5.74) is 10.7. The van der Waals surface area contributed by atoms with E-state index in [0.29, 0.717) is 0 Å². The Balaban J connectivity index is 1.11. The molecule has 0 bridgehead atoms. The number of furan rings is 1. The van der Waals surface area contributed by atoms with Gasteiger partial charge in [-0.1, -0.05) is 97.1 Å². The van der Waals surface area contributed by atoms with E-state index in [1.54, 1.807) is 0 Å². The van der Waals surface area contributed by atoms with E-state index in [1.807, 2.05) is 47.7 Å². The maximum atomic E-state index is 6.36. The number of benzene rings is 9. The lowest BCUT2D eigenvalue weighted by Gasteiger charge is -2.17. The minimum absolute atomic E-state index is 0.827. The first kappa shape index (κ1) is 29.4. The summed E-state index contributed by atoms with van der Waals surface area (Å²) in [7, 11) is 0. The van der Waals surface area contributed by atoms with Crippen LogP contribution < -0.4 is 0 Å². The van der Waals surface area contributed by atoms with Crippen molar-refractivity contribution in [1.82, 2.24) is 14.5 Å². The average molecular weight is 718 g/mol. The number of hydrogen-bond acceptors (Lipinski definition) is 4. The van der Waals surface area contributed by atoms with Gasteiger partial charge < -0.3 is 8.98 Å². The van der Waals surface area contributed by atoms with Gasteiger partial charge >= 0.3 is 0 Å². The van der Waals surface area contributed by atoms with Gasteiger partial charge in [-0.3, -0.25) is 0 Å². The van der Waals surface area contributed by atoms with Crippen molar-refractivity contribution in [1.29, 1.82) is 0 Å². The van der Waals surface area contributed by atoms with Crippen LogP contribution in [0.1, 0.15) is 0 Å². The molecule has 0 saturated carbocycles. The maximum Gasteiger partial charge on any atom is 0.136 e. The first-order valence-electron chi connectivity index (χ1n) is 18.6. The van der Waals surface area contributed by atoms with Gasteiger partial charge in [0.1, 0.15) is 11.2 Å². The van der Waals surface area contributed by atoms with Crippen LogP contribution in [0.2, 0.25) is 0 Å². The third kappa shape index (κ3) is 4.00. The second-order valence-corrected chi connectivity index (χ2v) is 15.5. The fourth-order valence-corrected chi connectivity index (χ4v) is 10.3. The summed E-state index contributed by atoms with van der Waals surface area (Å²) < 4.78 is 11.4. The van der Waals surface area contributed by atoms with E-state index in [1.165, 1.54) is 52.8 Å². The van der Waals surface area contributed by atoms with Crippen LogP contribution >= 0.6 is 11.3 Å². The van der Waals surface area contributed by atoms with Gasteiger partial charge in [0, 0.05) is 58.2 Å². The van der Waals surface area contributed by atoms with Gasteiger partial charge in [-0.15, -0.1) is 11.3 Å². The lowest BCUT2D eigenvalue weighted by molar-refractivity contribution is 0.669. The molecule has 4 nitrogen and oxygen atoms in total. The number of rotatable bonds is 3. The molecule has 0 fully saturated rings. The highest BCUT2D eigenvalue weighted by Crippen LogP contribution is 2.47. The second-order valence-electron chi connectivity index (χ2n) is 14.5. The molecule has 0 amide bonds. The van der Waals surface area contributed by atoms with Crippen LogP contribution in [0.5, 0.6) is 0 Å². The molecule has 0 spiro atoms. The Hall–Kier alpha value is -7.08. The predicted molar refractivity (Wildman–Crippen MR) is 231 cm³/mol. The van der Waals surface area contributed by atoms with E-state index in [-0.39, 0.29) is 0 Å². The van der Waals surface area contributed by atoms with Crippen LogP contribution in [-0.4, -0.2) is 14.5 Å². The van der Waals surface area contributed by atoms with Crippen molar-refractivity contribution in [2.75, 3.05) is 0 Å². The van der Waals surface area contributed by atoms with Crippen molar-refractivity contribution >= 4 is 108 Å². The van der Waals surface area contributed by atoms with Crippen molar-refractivity contribution in [3.05, 3.63) is 164 Å². The van der Waals surface area contributed by atoms with Gasteiger partial charge in [0.05, 0.1) is 39.1 Å². The van der Waals surface area contributed by atoms with Gasteiger partial charge in [-0.05, 0) is 82.9 Å². The van der Waals surface area contributed by atoms with E-state index in [9.17, 15) is 0 Å². The zero-order chi connectivity index (χ0) is 35.8. The summed E-state index contributed by atoms with van der Waals surface area (Å²) in [5.74, 6) is 0. The molecule has 0 atom stereocenters. The molecule has 0 aliphatic rings. The summed E-state index contributed by atoms with van der Waals surface area (Å²) in [6, 6.07) is 58.7. The zero-order valence-electron chi connectivity index (χ0n) is 29.2. The second kappa shape index (κ2) is 10.8. The molecule has 0 N–H and O–H groups in total. The fourth-order valence-electron chi connectivity index (χ4n) is 9.17. The standard InChI is InChI=1S/C50H27N3OS/c1-2-12-32-31(11-1)35(50-49(51-36-14-4-5-15-37(36)52-50)30-19-22-34-33-13-3-6-16-41(33)54-42(34)27-30)23-26-38(32)53-39-24-20-28-9-7-17-43-45(28)47(39)48-40(53)25-21-29-10-8-18-44(55-43)46(29)48/h1-27H. The third-order valence-corrected chi connectivity index (χ3v) is 12.7. The maximum absolute atomic E-state index is 6.36. The molecule has 5 heteroatoms. The van der Waals surface area contributed by atoms with E-state index in [2.05, 4.69) is 132 Å². The normalized spacial score (nSPS) is 12.4. The Labute approximate surface area is 317 Å². The molecule has 13 aromatic rings. The fraction of sp³-hybridized carbons (Fsp3) is 0. The van der Waals surface area contributed by atoms with E-state index in [0.717, 1.165) is 71.9 Å². The highest BCUT2D eigenvalue weighted by atomic mass is 32.1. The largest absolute Gasteiger partial charge is 0.456 e. The van der Waals surface area contributed by atoms with Crippen molar-refractivity contribution in [3.8, 4) is 28.2 Å². The first-order valence-corrected chi connectivity index (χ1v) is 19.4. The summed E-state index contributed by atoms with van der Waals surface area (Å²) in [6.07, 6.45) is 0. The van der Waals surface area contributed by atoms with Gasteiger partial charge in [-0.25, -0.2) is 9.97 Å². The average Bonchev–Trinajstić information content (AvgIpc) is 3.73. The predicted octanol–water partition coefficient (Wildman–Crippen LogP) is 14.1. The molecule has 55 heavy (non-hydrogen) atoms. The molecular weight excluding hydrogens is 691 g/mol. The number of hydrogen-bond donors (Lipinski definition) is 0. The summed E-state index contributed by atoms with van der Waals surface area (Å²) in [5, 5.41) is 12.3. The number of para-hydroxylation sites is 3. The Bertz CT molecular complexity index is 3630. The Kier molecular flexibility index (Phi) is 5.74. The number of aromatic nitrogens is 3. The summed E-state index contributed by atoms with van der Waals surface area (Å²) in [4.78, 5) is 10.7. The van der Waals surface area contributed by atoms with Crippen LogP contribution in [0.25, 0.3) is 125 Å². The van der Waals surface area contributed by atoms with Crippen LogP contribution in [0.15, 0.2) is 168 Å². The molecule has 13 rings (SSSR count). The Morgan fingerprint density at radius 3 is 1.78 bits per heavy atom. The van der Waals surface area contributed by atoms with Crippen molar-refractivity contribution in [2.24, 2.45) is 0 Å². The molecule has 4 heterocycles. The minimum atomic E-state index is 0.827. The lowest BCUT2D eigenvalue weighted by Crippen LogP contribution is -1.99. The number of fused-ring (bicyclic) bond motifs is 5. The SMILES string of the molecule is c1ccc2nc(-c3ccc(-n4c5ccc6cccc7sc8cccc9ccc4c(c98)c5c67)c4ccccc34)c(-c3ccc4c(c3)oc3ccccc34)nc2c1. The van der Waals surface area contributed by atoms with Crippen LogP contribution in [0, 0.1) is 0 Å². The highest BCUT2D eigenvalue weighted by molar-refractivity contribution is 7.24. The summed E-state index contributed by atoms with van der Waals surface area (Å²) in [6.45, 7) is 0. The van der Waals surface area contributed by atoms with Gasteiger partial charge in [0.15, 0.2) is 0 Å². The number of nitrogens with zero attached hydrogens (tertiary/aromatic N) is 3. The molecule has 0 aliphatic carbocycles. The van der Waals surface area contributed by atoms with Crippen LogP contribution in [0.3, 0.4) is 0 Å². The molecule has 9 aromatic carbocycles. The first-order chi connectivity index (χ1) is 27.3. The van der Waals surface area contributed by atoms with Crippen molar-refractivity contribution < 1.29 is 4.42 Å². The smallest absolute Gasteiger partial charge is 0.136 e. The molecule has 4 aromatic heterocycles. The molecule has 0 saturated heterocycles. The highest BCUT2D eigenvalue weighted by Gasteiger charge is 2.23. The van der Waals surface area contributed by atoms with Crippen LogP contribution in [0.4, 0.5) is 0 Å². The van der Waals surface area contributed by atoms with Crippen molar-refractivity contribution in [3.63, 3.8) is 0 Å². The molecule has 0 aliphatic heterocycles. The molecule has 0 unspecified atom stereocenters. The van der Waals surface area contributed by atoms with Gasteiger partial charge in [0.25, 0.3) is 0 Å². The van der Waals surface area contributed by atoms with Gasteiger partial charge in [-0.2, -0.15) is 0 Å². The minimum Gasteiger partial charge on any atom is -0.456 e. The monoisotopic (exact) mass is 717 g/mol. The third-order valence-electron chi connectivity index (χ3n) is 11.5. The Morgan fingerprint density at radius 2 is 1.05 bits per heavy atom. The van der Waals surface area contributed by atoms with E-state index >= 15 is 0 Å². The summed E-state index contributed by atoms with van der Waals surface area (Å²) >= 11 is 1.89. The van der Waals surface area contributed by atoms with Crippen LogP contribution in [-0.2, 0) is 0 Å². The zero-order valence-corrected chi connectivity index (χ0v) is 30.1.